The molecule has 0 heterocycles. The number of carbonyl (C=O) groups is 1. The fourth-order valence-corrected chi connectivity index (χ4v) is 2.48. The Bertz CT molecular complexity index is 605. The zero-order chi connectivity index (χ0) is 15.3. The van der Waals surface area contributed by atoms with Crippen LogP contribution in [-0.2, 0) is 10.0 Å². The number of benzene rings is 1. The zero-order valence-electron chi connectivity index (χ0n) is 10.9. The summed E-state index contributed by atoms with van der Waals surface area (Å²) < 4.78 is 29.6. The highest BCUT2D eigenvalue weighted by molar-refractivity contribution is 7.89. The maximum absolute atomic E-state index is 12.0. The molecule has 0 saturated heterocycles. The van der Waals surface area contributed by atoms with Crippen LogP contribution in [0.15, 0.2) is 12.1 Å². The van der Waals surface area contributed by atoms with Crippen LogP contribution < -0.4 is 14.8 Å². The Morgan fingerprint density at radius 1 is 1.30 bits per heavy atom. The quantitative estimate of drug-likeness (QED) is 0.816. The van der Waals surface area contributed by atoms with Crippen LogP contribution in [0.25, 0.3) is 0 Å². The normalized spacial score (nSPS) is 11.2. The van der Waals surface area contributed by atoms with E-state index in [1.165, 1.54) is 26.3 Å². The fourth-order valence-electron chi connectivity index (χ4n) is 1.43. The summed E-state index contributed by atoms with van der Waals surface area (Å²) in [5.41, 5.74) is 0.0727. The van der Waals surface area contributed by atoms with Crippen LogP contribution in [0, 0.1) is 0 Å². The van der Waals surface area contributed by atoms with Crippen LogP contribution in [0.1, 0.15) is 10.4 Å². The SMILES string of the molecule is CNS(=O)(=O)CCNC(=O)c1c(Cl)ccc(Cl)c1OC. The molecule has 0 bridgehead atoms. The first-order chi connectivity index (χ1) is 9.32. The molecular formula is C11H14Cl2N2O4S. The van der Waals surface area contributed by atoms with Gasteiger partial charge in [-0.05, 0) is 19.2 Å². The molecule has 0 aliphatic rings. The van der Waals surface area contributed by atoms with E-state index in [4.69, 9.17) is 27.9 Å². The van der Waals surface area contributed by atoms with E-state index in [-0.39, 0.29) is 33.7 Å². The zero-order valence-corrected chi connectivity index (χ0v) is 13.2. The molecule has 0 aliphatic carbocycles. The Labute approximate surface area is 127 Å². The first kappa shape index (κ1) is 17.0. The second-order valence-electron chi connectivity index (χ2n) is 3.72. The van der Waals surface area contributed by atoms with Crippen LogP contribution in [0.5, 0.6) is 5.75 Å². The second kappa shape index (κ2) is 7.12. The van der Waals surface area contributed by atoms with Crippen molar-refractivity contribution in [3.05, 3.63) is 27.7 Å². The van der Waals surface area contributed by atoms with Crippen molar-refractivity contribution in [3.63, 3.8) is 0 Å². The largest absolute Gasteiger partial charge is 0.494 e. The van der Waals surface area contributed by atoms with Crippen molar-refractivity contribution in [1.29, 1.82) is 0 Å². The lowest BCUT2D eigenvalue weighted by Crippen LogP contribution is -2.33. The predicted molar refractivity (Wildman–Crippen MR) is 78.2 cm³/mol. The number of nitrogens with one attached hydrogen (secondary N) is 2. The second-order valence-corrected chi connectivity index (χ2v) is 6.58. The molecule has 1 aromatic carbocycles. The number of methoxy groups -OCH3 is 1. The lowest BCUT2D eigenvalue weighted by molar-refractivity contribution is 0.0953. The monoisotopic (exact) mass is 340 g/mol. The number of hydrogen-bond acceptors (Lipinski definition) is 4. The molecule has 0 saturated carbocycles. The highest BCUT2D eigenvalue weighted by atomic mass is 35.5. The molecule has 0 atom stereocenters. The summed E-state index contributed by atoms with van der Waals surface area (Å²) >= 11 is 11.8. The first-order valence-corrected chi connectivity index (χ1v) is 7.94. The molecule has 1 aromatic rings. The summed E-state index contributed by atoms with van der Waals surface area (Å²) in [4.78, 5) is 12.0. The molecule has 2 N–H and O–H groups in total. The maximum atomic E-state index is 12.0. The molecule has 9 heteroatoms. The van der Waals surface area contributed by atoms with E-state index in [2.05, 4.69) is 10.0 Å². The van der Waals surface area contributed by atoms with Crippen LogP contribution in [0.3, 0.4) is 0 Å². The predicted octanol–water partition coefficient (Wildman–Crippen LogP) is 1.28. The van der Waals surface area contributed by atoms with Crippen molar-refractivity contribution in [2.45, 2.75) is 0 Å². The summed E-state index contributed by atoms with van der Waals surface area (Å²) in [6, 6.07) is 2.97. The van der Waals surface area contributed by atoms with E-state index in [0.717, 1.165) is 0 Å². The topological polar surface area (TPSA) is 84.5 Å². The Morgan fingerprint density at radius 3 is 2.45 bits per heavy atom. The Balaban J connectivity index is 2.86. The van der Waals surface area contributed by atoms with Gasteiger partial charge in [0, 0.05) is 6.54 Å². The third-order valence-electron chi connectivity index (χ3n) is 2.46. The van der Waals surface area contributed by atoms with Gasteiger partial charge in [0.1, 0.15) is 5.56 Å². The number of ether oxygens (including phenoxy) is 1. The van der Waals surface area contributed by atoms with Crippen molar-refractivity contribution < 1.29 is 17.9 Å². The number of sulfonamides is 1. The average molecular weight is 341 g/mol. The van der Waals surface area contributed by atoms with Gasteiger partial charge in [0.15, 0.2) is 5.75 Å². The molecule has 20 heavy (non-hydrogen) atoms. The van der Waals surface area contributed by atoms with Crippen molar-refractivity contribution in [2.24, 2.45) is 0 Å². The summed E-state index contributed by atoms with van der Waals surface area (Å²) in [6.07, 6.45) is 0. The van der Waals surface area contributed by atoms with Gasteiger partial charge in [0.2, 0.25) is 10.0 Å². The fraction of sp³-hybridized carbons (Fsp3) is 0.364. The molecule has 0 aromatic heterocycles. The third-order valence-corrected chi connectivity index (χ3v) is 4.43. The number of carbonyl (C=O) groups excluding carboxylic acids is 1. The molecule has 0 aliphatic heterocycles. The van der Waals surface area contributed by atoms with Gasteiger partial charge in [-0.25, -0.2) is 13.1 Å². The third kappa shape index (κ3) is 4.24. The van der Waals surface area contributed by atoms with Crippen molar-refractivity contribution in [2.75, 3.05) is 26.5 Å². The molecule has 112 valence electrons. The van der Waals surface area contributed by atoms with E-state index < -0.39 is 15.9 Å². The highest BCUT2D eigenvalue weighted by Crippen LogP contribution is 2.33. The molecule has 0 spiro atoms. The van der Waals surface area contributed by atoms with Gasteiger partial charge in [-0.3, -0.25) is 4.79 Å². The van der Waals surface area contributed by atoms with Gasteiger partial charge in [-0.1, -0.05) is 23.2 Å². The van der Waals surface area contributed by atoms with E-state index in [1.54, 1.807) is 0 Å². The smallest absolute Gasteiger partial charge is 0.256 e. The Hall–Kier alpha value is -1.02. The number of hydrogen-bond donors (Lipinski definition) is 2. The Morgan fingerprint density at radius 2 is 1.90 bits per heavy atom. The highest BCUT2D eigenvalue weighted by Gasteiger charge is 2.19. The number of rotatable bonds is 6. The van der Waals surface area contributed by atoms with Crippen LogP contribution in [-0.4, -0.2) is 40.8 Å². The van der Waals surface area contributed by atoms with Gasteiger partial charge in [0.05, 0.1) is 22.9 Å². The summed E-state index contributed by atoms with van der Waals surface area (Å²) in [5.74, 6) is -0.649. The Kier molecular flexibility index (Phi) is 6.07. The summed E-state index contributed by atoms with van der Waals surface area (Å²) in [7, 11) is -0.726. The minimum atomic E-state index is -3.39. The van der Waals surface area contributed by atoms with Crippen LogP contribution >= 0.6 is 23.2 Å². The van der Waals surface area contributed by atoms with Gasteiger partial charge in [0.25, 0.3) is 5.91 Å². The van der Waals surface area contributed by atoms with Gasteiger partial charge in [-0.2, -0.15) is 0 Å². The lowest BCUT2D eigenvalue weighted by atomic mass is 10.2. The van der Waals surface area contributed by atoms with Crippen molar-refractivity contribution >= 4 is 39.1 Å². The number of amides is 1. The van der Waals surface area contributed by atoms with E-state index in [1.807, 2.05) is 0 Å². The molecule has 1 amide bonds. The van der Waals surface area contributed by atoms with Crippen LogP contribution in [0.4, 0.5) is 0 Å². The van der Waals surface area contributed by atoms with E-state index in [9.17, 15) is 13.2 Å². The maximum Gasteiger partial charge on any atom is 0.256 e. The van der Waals surface area contributed by atoms with Crippen LogP contribution in [0.2, 0.25) is 10.0 Å². The van der Waals surface area contributed by atoms with Gasteiger partial charge < -0.3 is 10.1 Å². The number of halogens is 2. The van der Waals surface area contributed by atoms with E-state index >= 15 is 0 Å². The molecule has 0 fully saturated rings. The molecule has 6 nitrogen and oxygen atoms in total. The minimum absolute atomic E-state index is 0.0615. The van der Waals surface area contributed by atoms with E-state index in [0.29, 0.717) is 0 Å². The summed E-state index contributed by atoms with van der Waals surface area (Å²) in [6.45, 7) is -0.0615. The summed E-state index contributed by atoms with van der Waals surface area (Å²) in [5, 5.41) is 2.86. The average Bonchev–Trinajstić information content (AvgIpc) is 2.40. The molecule has 1 rings (SSSR count). The van der Waals surface area contributed by atoms with Gasteiger partial charge in [-0.15, -0.1) is 0 Å². The standard InChI is InChI=1S/C11H14Cl2N2O4S/c1-14-20(17,18)6-5-15-11(16)9-7(12)3-4-8(13)10(9)19-2/h3-4,14H,5-6H2,1-2H3,(H,15,16). The lowest BCUT2D eigenvalue weighted by Gasteiger charge is -2.12. The van der Waals surface area contributed by atoms with Gasteiger partial charge >= 0.3 is 0 Å². The molecule has 0 unspecified atom stereocenters. The van der Waals surface area contributed by atoms with Crippen molar-refractivity contribution in [1.82, 2.24) is 10.0 Å². The van der Waals surface area contributed by atoms with Crippen molar-refractivity contribution in [3.8, 4) is 5.75 Å². The molecule has 0 radical (unpaired) electrons. The minimum Gasteiger partial charge on any atom is -0.494 e. The molecular weight excluding hydrogens is 327 g/mol. The first-order valence-electron chi connectivity index (χ1n) is 5.53.